The molecule has 10 heteroatoms. The normalized spacial score (nSPS) is 15.5. The van der Waals surface area contributed by atoms with Gasteiger partial charge in [-0.05, 0) is 36.4 Å². The number of carbonyl (C=O) groups is 3. The summed E-state index contributed by atoms with van der Waals surface area (Å²) in [4.78, 5) is 40.5. The van der Waals surface area contributed by atoms with Crippen molar-refractivity contribution >= 4 is 35.1 Å². The first-order valence-corrected chi connectivity index (χ1v) is 10.1. The van der Waals surface area contributed by atoms with E-state index >= 15 is 0 Å². The Balaban J connectivity index is 1.21. The lowest BCUT2D eigenvalue weighted by Gasteiger charge is -2.34. The lowest BCUT2D eigenvalue weighted by molar-refractivity contribution is -0.121. The fourth-order valence-electron chi connectivity index (χ4n) is 3.39. The number of hydrogen-bond donors (Lipinski definition) is 2. The minimum atomic E-state index is -0.625. The number of ether oxygens (including phenoxy) is 2. The van der Waals surface area contributed by atoms with Crippen molar-refractivity contribution < 1.29 is 23.9 Å². The first-order valence-electron chi connectivity index (χ1n) is 9.75. The van der Waals surface area contributed by atoms with Crippen molar-refractivity contribution in [2.24, 2.45) is 0 Å². The zero-order valence-corrected chi connectivity index (χ0v) is 17.4. The van der Waals surface area contributed by atoms with Gasteiger partial charge in [0.1, 0.15) is 0 Å². The van der Waals surface area contributed by atoms with Gasteiger partial charge in [-0.2, -0.15) is 0 Å². The van der Waals surface area contributed by atoms with E-state index in [9.17, 15) is 14.4 Å². The van der Waals surface area contributed by atoms with E-state index in [1.807, 2.05) is 4.90 Å². The second-order valence-electron chi connectivity index (χ2n) is 7.15. The number of amides is 4. The first-order chi connectivity index (χ1) is 15.0. The topological polar surface area (TPSA) is 100 Å². The molecule has 0 spiro atoms. The smallest absolute Gasteiger partial charge is 0.325 e. The molecule has 31 heavy (non-hydrogen) atoms. The number of nitrogens with one attached hydrogen (secondary N) is 2. The number of halogens is 1. The maximum Gasteiger partial charge on any atom is 0.325 e. The highest BCUT2D eigenvalue weighted by molar-refractivity contribution is 6.30. The number of benzene rings is 2. The van der Waals surface area contributed by atoms with Crippen molar-refractivity contribution in [2.75, 3.05) is 44.8 Å². The van der Waals surface area contributed by atoms with Crippen molar-refractivity contribution in [1.82, 2.24) is 15.1 Å². The Morgan fingerprint density at radius 2 is 1.65 bits per heavy atom. The van der Waals surface area contributed by atoms with Gasteiger partial charge in [0.05, 0.1) is 6.54 Å². The van der Waals surface area contributed by atoms with E-state index in [1.54, 1.807) is 47.4 Å². The average molecular weight is 445 g/mol. The van der Waals surface area contributed by atoms with Crippen LogP contribution in [-0.2, 0) is 4.79 Å². The molecular formula is C21H21ClN4O5. The van der Waals surface area contributed by atoms with E-state index in [0.717, 1.165) is 0 Å². The van der Waals surface area contributed by atoms with Crippen LogP contribution in [0, 0.1) is 0 Å². The molecule has 2 heterocycles. The van der Waals surface area contributed by atoms with Crippen molar-refractivity contribution in [3.8, 4) is 11.5 Å². The monoisotopic (exact) mass is 444 g/mol. The number of nitrogens with zero attached hydrogens (tertiary/aromatic N) is 2. The molecule has 0 atom stereocenters. The van der Waals surface area contributed by atoms with E-state index in [2.05, 4.69) is 10.6 Å². The minimum absolute atomic E-state index is 0.0659. The van der Waals surface area contributed by atoms with Crippen LogP contribution in [0.25, 0.3) is 0 Å². The van der Waals surface area contributed by atoms with Gasteiger partial charge in [0.2, 0.25) is 12.7 Å². The number of imide groups is 1. The third-order valence-corrected chi connectivity index (χ3v) is 5.25. The number of anilines is 1. The maximum absolute atomic E-state index is 12.5. The Morgan fingerprint density at radius 3 is 2.39 bits per heavy atom. The quantitative estimate of drug-likeness (QED) is 0.749. The van der Waals surface area contributed by atoms with Crippen molar-refractivity contribution in [3.63, 3.8) is 0 Å². The van der Waals surface area contributed by atoms with Gasteiger partial charge in [-0.1, -0.05) is 11.6 Å². The molecule has 0 aliphatic carbocycles. The predicted molar refractivity (Wildman–Crippen MR) is 114 cm³/mol. The van der Waals surface area contributed by atoms with Crippen LogP contribution in [0.5, 0.6) is 11.5 Å². The van der Waals surface area contributed by atoms with Gasteiger partial charge in [0.25, 0.3) is 5.91 Å². The first kappa shape index (κ1) is 21.0. The maximum atomic E-state index is 12.5. The van der Waals surface area contributed by atoms with Crippen LogP contribution < -0.4 is 20.1 Å². The molecule has 4 rings (SSSR count). The van der Waals surface area contributed by atoms with Gasteiger partial charge in [-0.25, -0.2) is 4.79 Å². The van der Waals surface area contributed by atoms with E-state index in [4.69, 9.17) is 21.1 Å². The Hall–Kier alpha value is -3.30. The fourth-order valence-corrected chi connectivity index (χ4v) is 3.52. The van der Waals surface area contributed by atoms with Crippen LogP contribution in [0.2, 0.25) is 5.02 Å². The molecule has 0 saturated carbocycles. The Kier molecular flexibility index (Phi) is 6.24. The number of carbonyl (C=O) groups excluding carboxylic acids is 3. The van der Waals surface area contributed by atoms with Gasteiger partial charge in [0.15, 0.2) is 11.5 Å². The van der Waals surface area contributed by atoms with Gasteiger partial charge in [-0.15, -0.1) is 0 Å². The molecule has 4 amide bonds. The van der Waals surface area contributed by atoms with E-state index in [1.165, 1.54) is 0 Å². The highest BCUT2D eigenvalue weighted by atomic mass is 35.5. The molecule has 2 aromatic carbocycles. The highest BCUT2D eigenvalue weighted by Crippen LogP contribution is 2.34. The minimum Gasteiger partial charge on any atom is -0.454 e. The molecule has 2 aromatic rings. The number of hydrogen-bond acceptors (Lipinski definition) is 6. The zero-order valence-electron chi connectivity index (χ0n) is 16.6. The van der Waals surface area contributed by atoms with Gasteiger partial charge >= 0.3 is 6.03 Å². The van der Waals surface area contributed by atoms with Gasteiger partial charge in [0, 0.05) is 48.5 Å². The molecule has 0 bridgehead atoms. The molecule has 2 aliphatic rings. The summed E-state index contributed by atoms with van der Waals surface area (Å²) in [7, 11) is 0. The molecule has 0 aromatic heterocycles. The zero-order chi connectivity index (χ0) is 21.8. The molecule has 2 N–H and O–H groups in total. The summed E-state index contributed by atoms with van der Waals surface area (Å²) in [5.74, 6) is 0.658. The summed E-state index contributed by atoms with van der Waals surface area (Å²) in [6.45, 7) is 2.28. The van der Waals surface area contributed by atoms with E-state index < -0.39 is 11.9 Å². The van der Waals surface area contributed by atoms with Crippen LogP contribution in [0.1, 0.15) is 10.4 Å². The summed E-state index contributed by atoms with van der Waals surface area (Å²) in [6.07, 6.45) is 0. The highest BCUT2D eigenvalue weighted by Gasteiger charge is 2.24. The molecule has 9 nitrogen and oxygen atoms in total. The lowest BCUT2D eigenvalue weighted by atomic mass is 10.2. The van der Waals surface area contributed by atoms with Crippen molar-refractivity contribution in [1.29, 1.82) is 0 Å². The number of urea groups is 1. The third kappa shape index (κ3) is 5.25. The standard InChI is InChI=1S/C21H21ClN4O5/c22-15-3-1-14(2-4-15)20(28)26-9-7-25(8-10-26)12-19(27)24-21(29)23-16-5-6-17-18(11-16)31-13-30-17/h1-6,11H,7-10,12-13H2,(H2,23,24,27,29). The average Bonchev–Trinajstić information content (AvgIpc) is 3.22. The van der Waals surface area contributed by atoms with Crippen LogP contribution in [-0.4, -0.2) is 67.2 Å². The molecule has 0 unspecified atom stereocenters. The van der Waals surface area contributed by atoms with E-state index in [-0.39, 0.29) is 19.2 Å². The molecule has 0 radical (unpaired) electrons. The lowest BCUT2D eigenvalue weighted by Crippen LogP contribution is -2.51. The van der Waals surface area contributed by atoms with Gasteiger partial charge < -0.3 is 19.7 Å². The SMILES string of the molecule is O=C(CN1CCN(C(=O)c2ccc(Cl)cc2)CC1)NC(=O)Nc1ccc2c(c1)OCO2. The molecular weight excluding hydrogens is 424 g/mol. The summed E-state index contributed by atoms with van der Waals surface area (Å²) in [5.41, 5.74) is 1.07. The second kappa shape index (κ2) is 9.23. The van der Waals surface area contributed by atoms with Crippen LogP contribution in [0.15, 0.2) is 42.5 Å². The number of rotatable bonds is 4. The van der Waals surface area contributed by atoms with Crippen LogP contribution in [0.3, 0.4) is 0 Å². The largest absolute Gasteiger partial charge is 0.454 e. The van der Waals surface area contributed by atoms with Gasteiger partial charge in [-0.3, -0.25) is 19.8 Å². The second-order valence-corrected chi connectivity index (χ2v) is 7.58. The van der Waals surface area contributed by atoms with Crippen molar-refractivity contribution in [2.45, 2.75) is 0 Å². The van der Waals surface area contributed by atoms with Crippen molar-refractivity contribution in [3.05, 3.63) is 53.1 Å². The van der Waals surface area contributed by atoms with Crippen LogP contribution >= 0.6 is 11.6 Å². The summed E-state index contributed by atoms with van der Waals surface area (Å²) in [5, 5.41) is 5.49. The molecule has 2 aliphatic heterocycles. The number of piperazine rings is 1. The Bertz CT molecular complexity index is 990. The summed E-state index contributed by atoms with van der Waals surface area (Å²) < 4.78 is 10.5. The molecule has 162 valence electrons. The van der Waals surface area contributed by atoms with E-state index in [0.29, 0.717) is 54.0 Å². The fraction of sp³-hybridized carbons (Fsp3) is 0.286. The van der Waals surface area contributed by atoms with Crippen LogP contribution in [0.4, 0.5) is 10.5 Å². The Morgan fingerprint density at radius 1 is 0.935 bits per heavy atom. The summed E-state index contributed by atoms with van der Waals surface area (Å²) >= 11 is 5.86. The summed E-state index contributed by atoms with van der Waals surface area (Å²) in [6, 6.07) is 11.1. The third-order valence-electron chi connectivity index (χ3n) is 5.00. The number of fused-ring (bicyclic) bond motifs is 1. The molecule has 1 fully saturated rings. The molecule has 1 saturated heterocycles. The Labute approximate surface area is 183 Å². The predicted octanol–water partition coefficient (Wildman–Crippen LogP) is 2.17.